The first-order chi connectivity index (χ1) is 10.1. The first-order valence-corrected chi connectivity index (χ1v) is 7.77. The second-order valence-electron chi connectivity index (χ2n) is 5.01. The van der Waals surface area contributed by atoms with Gasteiger partial charge in [-0.3, -0.25) is 0 Å². The summed E-state index contributed by atoms with van der Waals surface area (Å²) in [6.07, 6.45) is 0.914. The lowest BCUT2D eigenvalue weighted by Crippen LogP contribution is -2.25. The lowest BCUT2D eigenvalue weighted by molar-refractivity contribution is 0.480. The molecule has 4 heteroatoms. The number of aryl methyl sites for hydroxylation is 1. The molecule has 0 spiro atoms. The van der Waals surface area contributed by atoms with Crippen LogP contribution in [0.1, 0.15) is 36.1 Å². The summed E-state index contributed by atoms with van der Waals surface area (Å²) in [6.45, 7) is 4.74. The van der Waals surface area contributed by atoms with Crippen LogP contribution in [0.2, 0.25) is 0 Å². The van der Waals surface area contributed by atoms with E-state index in [9.17, 15) is 8.78 Å². The zero-order valence-corrected chi connectivity index (χ0v) is 13.7. The molecule has 0 saturated carbocycles. The van der Waals surface area contributed by atoms with Crippen LogP contribution in [0.5, 0.6) is 0 Å². The molecule has 21 heavy (non-hydrogen) atoms. The van der Waals surface area contributed by atoms with Crippen molar-refractivity contribution in [2.24, 2.45) is 0 Å². The van der Waals surface area contributed by atoms with E-state index >= 15 is 0 Å². The van der Waals surface area contributed by atoms with E-state index in [0.717, 1.165) is 34.6 Å². The molecule has 0 aliphatic rings. The van der Waals surface area contributed by atoms with Gasteiger partial charge in [0.2, 0.25) is 0 Å². The van der Waals surface area contributed by atoms with Crippen molar-refractivity contribution in [1.29, 1.82) is 0 Å². The summed E-state index contributed by atoms with van der Waals surface area (Å²) >= 11 is 3.56. The van der Waals surface area contributed by atoms with Crippen LogP contribution in [0.25, 0.3) is 0 Å². The molecule has 0 radical (unpaired) electrons. The van der Waals surface area contributed by atoms with Gasteiger partial charge >= 0.3 is 0 Å². The highest BCUT2D eigenvalue weighted by Gasteiger charge is 2.21. The maximum absolute atomic E-state index is 14.2. The molecule has 0 aliphatic carbocycles. The molecule has 1 nitrogen and oxygen atoms in total. The van der Waals surface area contributed by atoms with Gasteiger partial charge in [-0.25, -0.2) is 8.78 Å². The molecule has 2 aromatic carbocycles. The molecular formula is C17H18BrF2N. The third-order valence-electron chi connectivity index (χ3n) is 3.42. The molecule has 0 amide bonds. The molecule has 112 valence electrons. The molecule has 1 unspecified atom stereocenters. The topological polar surface area (TPSA) is 12.0 Å². The Morgan fingerprint density at radius 1 is 1.10 bits per heavy atom. The first-order valence-electron chi connectivity index (χ1n) is 6.98. The van der Waals surface area contributed by atoms with Gasteiger partial charge in [0.05, 0.1) is 6.04 Å². The highest BCUT2D eigenvalue weighted by Crippen LogP contribution is 2.32. The predicted molar refractivity (Wildman–Crippen MR) is 85.4 cm³/mol. The minimum Gasteiger partial charge on any atom is -0.306 e. The lowest BCUT2D eigenvalue weighted by atomic mass is 9.96. The number of halogens is 3. The maximum Gasteiger partial charge on any atom is 0.163 e. The Morgan fingerprint density at radius 3 is 2.48 bits per heavy atom. The molecule has 1 atom stereocenters. The van der Waals surface area contributed by atoms with E-state index in [2.05, 4.69) is 21.2 Å². The van der Waals surface area contributed by atoms with Gasteiger partial charge < -0.3 is 5.32 Å². The van der Waals surface area contributed by atoms with E-state index < -0.39 is 11.6 Å². The predicted octanol–water partition coefficient (Wildman–Crippen LogP) is 5.12. The Hall–Kier alpha value is -1.26. The van der Waals surface area contributed by atoms with Crippen molar-refractivity contribution in [3.8, 4) is 0 Å². The van der Waals surface area contributed by atoms with Crippen LogP contribution >= 0.6 is 15.9 Å². The van der Waals surface area contributed by atoms with E-state index in [1.807, 2.05) is 32.0 Å². The molecule has 0 heterocycles. The number of nitrogens with one attached hydrogen (secondary N) is 1. The zero-order valence-electron chi connectivity index (χ0n) is 12.1. The van der Waals surface area contributed by atoms with Crippen molar-refractivity contribution >= 4 is 15.9 Å². The molecule has 2 aromatic rings. The Kier molecular flexibility index (Phi) is 5.48. The van der Waals surface area contributed by atoms with Crippen LogP contribution in [-0.2, 0) is 0 Å². The molecular weight excluding hydrogens is 336 g/mol. The molecule has 0 bridgehead atoms. The van der Waals surface area contributed by atoms with E-state index in [-0.39, 0.29) is 6.04 Å². The minimum absolute atomic E-state index is 0.328. The summed E-state index contributed by atoms with van der Waals surface area (Å²) in [7, 11) is 0. The van der Waals surface area contributed by atoms with Crippen molar-refractivity contribution in [2.45, 2.75) is 26.3 Å². The molecule has 0 aliphatic heterocycles. The van der Waals surface area contributed by atoms with Gasteiger partial charge in [-0.05, 0) is 37.1 Å². The third-order valence-corrected chi connectivity index (χ3v) is 4.51. The third kappa shape index (κ3) is 3.50. The summed E-state index contributed by atoms with van der Waals surface area (Å²) in [6, 6.07) is 9.75. The quantitative estimate of drug-likeness (QED) is 0.785. The summed E-state index contributed by atoms with van der Waals surface area (Å²) in [5.41, 5.74) is 2.30. The summed E-state index contributed by atoms with van der Waals surface area (Å²) in [5.74, 6) is -1.61. The van der Waals surface area contributed by atoms with Crippen LogP contribution in [0, 0.1) is 18.6 Å². The van der Waals surface area contributed by atoms with E-state index in [1.165, 1.54) is 6.07 Å². The largest absolute Gasteiger partial charge is 0.306 e. The fourth-order valence-corrected chi connectivity index (χ4v) is 2.81. The van der Waals surface area contributed by atoms with Gasteiger partial charge in [0.25, 0.3) is 0 Å². The second-order valence-corrected chi connectivity index (χ2v) is 5.80. The SMILES string of the molecule is CCCNC(c1cccc(F)c1F)c1cccc(C)c1Br. The normalized spacial score (nSPS) is 12.4. The number of hydrogen-bond donors (Lipinski definition) is 1. The van der Waals surface area contributed by atoms with Crippen LogP contribution in [0.15, 0.2) is 40.9 Å². The highest BCUT2D eigenvalue weighted by atomic mass is 79.9. The van der Waals surface area contributed by atoms with Gasteiger partial charge in [0.1, 0.15) is 0 Å². The maximum atomic E-state index is 14.2. The molecule has 0 saturated heterocycles. The molecule has 0 fully saturated rings. The average Bonchev–Trinajstić information content (AvgIpc) is 2.47. The van der Waals surface area contributed by atoms with E-state index in [1.54, 1.807) is 6.07 Å². The first kappa shape index (κ1) is 16.1. The minimum atomic E-state index is -0.820. The summed E-state index contributed by atoms with van der Waals surface area (Å²) in [4.78, 5) is 0. The van der Waals surface area contributed by atoms with Crippen LogP contribution in [0.4, 0.5) is 8.78 Å². The van der Waals surface area contributed by atoms with Gasteiger partial charge in [-0.1, -0.05) is 53.2 Å². The van der Waals surface area contributed by atoms with Gasteiger partial charge in [0, 0.05) is 10.0 Å². The number of rotatable bonds is 5. The Bertz CT molecular complexity index is 577. The second kappa shape index (κ2) is 7.14. The monoisotopic (exact) mass is 353 g/mol. The van der Waals surface area contributed by atoms with Crippen LogP contribution in [0.3, 0.4) is 0 Å². The standard InChI is InChI=1S/C17H18BrF2N/c1-3-10-21-17(12-7-4-6-11(2)15(12)18)13-8-5-9-14(19)16(13)20/h4-9,17,21H,3,10H2,1-2H3. The van der Waals surface area contributed by atoms with Gasteiger partial charge in [0.15, 0.2) is 11.6 Å². The zero-order chi connectivity index (χ0) is 15.4. The van der Waals surface area contributed by atoms with E-state index in [4.69, 9.17) is 0 Å². The lowest BCUT2D eigenvalue weighted by Gasteiger charge is -2.22. The van der Waals surface area contributed by atoms with Crippen molar-refractivity contribution in [1.82, 2.24) is 5.32 Å². The molecule has 1 N–H and O–H groups in total. The van der Waals surface area contributed by atoms with Gasteiger partial charge in [-0.2, -0.15) is 0 Å². The molecule has 0 aromatic heterocycles. The van der Waals surface area contributed by atoms with Crippen molar-refractivity contribution in [3.05, 3.63) is 69.2 Å². The number of hydrogen-bond acceptors (Lipinski definition) is 1. The summed E-state index contributed by atoms with van der Waals surface area (Å²) < 4.78 is 28.6. The smallest absolute Gasteiger partial charge is 0.163 e. The van der Waals surface area contributed by atoms with Gasteiger partial charge in [-0.15, -0.1) is 0 Å². The van der Waals surface area contributed by atoms with Crippen LogP contribution < -0.4 is 5.32 Å². The number of benzene rings is 2. The van der Waals surface area contributed by atoms with Crippen LogP contribution in [-0.4, -0.2) is 6.54 Å². The fraction of sp³-hybridized carbons (Fsp3) is 0.294. The van der Waals surface area contributed by atoms with Crippen molar-refractivity contribution in [3.63, 3.8) is 0 Å². The Balaban J connectivity index is 2.52. The van der Waals surface area contributed by atoms with Crippen molar-refractivity contribution < 1.29 is 8.78 Å². The molecule has 2 rings (SSSR count). The Morgan fingerprint density at radius 2 is 1.76 bits per heavy atom. The average molecular weight is 354 g/mol. The van der Waals surface area contributed by atoms with Crippen molar-refractivity contribution in [2.75, 3.05) is 6.54 Å². The fourth-order valence-electron chi connectivity index (χ4n) is 2.31. The highest BCUT2D eigenvalue weighted by molar-refractivity contribution is 9.10. The van der Waals surface area contributed by atoms with E-state index in [0.29, 0.717) is 5.56 Å². The summed E-state index contributed by atoms with van der Waals surface area (Å²) in [5, 5.41) is 3.30. The Labute approximate surface area is 132 Å².